The van der Waals surface area contributed by atoms with Crippen LogP contribution in [0.4, 0.5) is 0 Å². The van der Waals surface area contributed by atoms with Crippen LogP contribution in [-0.2, 0) is 6.42 Å². The smallest absolute Gasteiger partial charge is 0.0938 e. The van der Waals surface area contributed by atoms with Crippen molar-refractivity contribution < 1.29 is 0 Å². The number of aryl methyl sites for hydroxylation is 1. The normalized spacial score (nSPS) is 13.2. The number of aromatic nitrogens is 1. The molecule has 1 atom stereocenters. The number of hydrogen-bond donors (Lipinski definition) is 0. The van der Waals surface area contributed by atoms with Crippen LogP contribution in [0.1, 0.15) is 24.8 Å². The lowest BCUT2D eigenvalue weighted by Crippen LogP contribution is -1.92. The van der Waals surface area contributed by atoms with Crippen LogP contribution in [0.2, 0.25) is 0 Å². The maximum Gasteiger partial charge on any atom is 0.0938 e. The average molecular weight is 240 g/mol. The summed E-state index contributed by atoms with van der Waals surface area (Å²) in [5, 5.41) is 1.51. The maximum atomic E-state index is 5.91. The van der Waals surface area contributed by atoms with Crippen LogP contribution in [0.5, 0.6) is 0 Å². The summed E-state index contributed by atoms with van der Waals surface area (Å²) in [5.41, 5.74) is 1.12. The number of nitrogens with zero attached hydrogens (tertiary/aromatic N) is 1. The molecule has 0 aliphatic carbocycles. The van der Waals surface area contributed by atoms with Gasteiger partial charge in [-0.15, -0.1) is 22.9 Å². The van der Waals surface area contributed by atoms with Gasteiger partial charge >= 0.3 is 0 Å². The topological polar surface area (TPSA) is 12.9 Å². The summed E-state index contributed by atoms with van der Waals surface area (Å²) in [5.74, 6) is 0. The predicted molar refractivity (Wildman–Crippen MR) is 67.9 cm³/mol. The molecule has 2 rings (SSSR count). The van der Waals surface area contributed by atoms with Crippen LogP contribution in [0.25, 0.3) is 10.2 Å². The Morgan fingerprint density at radius 2 is 2.20 bits per heavy atom. The molecule has 0 amide bonds. The van der Waals surface area contributed by atoms with Gasteiger partial charge in [0.05, 0.1) is 15.2 Å². The summed E-state index contributed by atoms with van der Waals surface area (Å²) in [6, 6.07) is 8.29. The van der Waals surface area contributed by atoms with E-state index in [1.165, 1.54) is 9.71 Å². The van der Waals surface area contributed by atoms with Gasteiger partial charge < -0.3 is 0 Å². The van der Waals surface area contributed by atoms with E-state index < -0.39 is 0 Å². The molecule has 0 fully saturated rings. The maximum absolute atomic E-state index is 5.91. The van der Waals surface area contributed by atoms with Crippen LogP contribution in [0, 0.1) is 0 Å². The molecule has 0 spiro atoms. The zero-order valence-corrected chi connectivity index (χ0v) is 10.3. The molecule has 0 radical (unpaired) electrons. The van der Waals surface area contributed by atoms with E-state index in [0.717, 1.165) is 24.8 Å². The summed E-state index contributed by atoms with van der Waals surface area (Å²) in [6.07, 6.45) is 3.25. The molecular weight excluding hydrogens is 226 g/mol. The quantitative estimate of drug-likeness (QED) is 0.727. The highest BCUT2D eigenvalue weighted by molar-refractivity contribution is 7.18. The lowest BCUT2D eigenvalue weighted by molar-refractivity contribution is 0.722. The Bertz CT molecular complexity index is 403. The summed E-state index contributed by atoms with van der Waals surface area (Å²) in [4.78, 5) is 4.59. The number of rotatable bonds is 4. The number of para-hydroxylation sites is 1. The first kappa shape index (κ1) is 10.9. The minimum Gasteiger partial charge on any atom is -0.241 e. The fourth-order valence-corrected chi connectivity index (χ4v) is 2.72. The van der Waals surface area contributed by atoms with Crippen LogP contribution in [-0.4, -0.2) is 10.4 Å². The second-order valence-corrected chi connectivity index (χ2v) is 5.61. The Balaban J connectivity index is 2.03. The molecule has 0 aliphatic rings. The van der Waals surface area contributed by atoms with Gasteiger partial charge in [0.15, 0.2) is 0 Å². The van der Waals surface area contributed by atoms with E-state index in [1.54, 1.807) is 11.3 Å². The molecule has 1 heterocycles. The van der Waals surface area contributed by atoms with Gasteiger partial charge in [-0.3, -0.25) is 0 Å². The summed E-state index contributed by atoms with van der Waals surface area (Å²) in [7, 11) is 0. The molecule has 3 heteroatoms. The second kappa shape index (κ2) is 4.95. The van der Waals surface area contributed by atoms with Gasteiger partial charge in [0.1, 0.15) is 0 Å². The zero-order chi connectivity index (χ0) is 10.7. The van der Waals surface area contributed by atoms with Gasteiger partial charge in [-0.2, -0.15) is 0 Å². The number of benzene rings is 1. The van der Waals surface area contributed by atoms with Gasteiger partial charge in [-0.05, 0) is 38.3 Å². The SMILES string of the molecule is CC(Cl)CCCc1nc2ccccc2s1. The number of hydrogen-bond acceptors (Lipinski definition) is 2. The highest BCUT2D eigenvalue weighted by atomic mass is 35.5. The van der Waals surface area contributed by atoms with Gasteiger partial charge in [-0.25, -0.2) is 4.98 Å². The number of alkyl halides is 1. The predicted octanol–water partition coefficient (Wildman–Crippen LogP) is 4.25. The largest absolute Gasteiger partial charge is 0.241 e. The van der Waals surface area contributed by atoms with Crippen molar-refractivity contribution in [2.24, 2.45) is 0 Å². The highest BCUT2D eigenvalue weighted by Gasteiger charge is 2.03. The summed E-state index contributed by atoms with van der Waals surface area (Å²) in [6.45, 7) is 2.04. The van der Waals surface area contributed by atoms with Crippen molar-refractivity contribution in [3.63, 3.8) is 0 Å². The van der Waals surface area contributed by atoms with Crippen LogP contribution >= 0.6 is 22.9 Å². The van der Waals surface area contributed by atoms with Crippen LogP contribution < -0.4 is 0 Å². The van der Waals surface area contributed by atoms with Gasteiger partial charge in [0.2, 0.25) is 0 Å². The Kier molecular flexibility index (Phi) is 3.60. The van der Waals surface area contributed by atoms with Crippen LogP contribution in [0.3, 0.4) is 0 Å². The van der Waals surface area contributed by atoms with Gasteiger partial charge in [-0.1, -0.05) is 12.1 Å². The van der Waals surface area contributed by atoms with Crippen molar-refractivity contribution >= 4 is 33.2 Å². The number of thiazole rings is 1. The molecule has 0 saturated carbocycles. The van der Waals surface area contributed by atoms with E-state index in [0.29, 0.717) is 0 Å². The zero-order valence-electron chi connectivity index (χ0n) is 8.74. The Hall–Kier alpha value is -0.600. The molecule has 1 aromatic heterocycles. The minimum absolute atomic E-state index is 0.277. The second-order valence-electron chi connectivity index (χ2n) is 3.75. The molecule has 1 nitrogen and oxygen atoms in total. The lowest BCUT2D eigenvalue weighted by Gasteiger charge is -1.99. The van der Waals surface area contributed by atoms with Gasteiger partial charge in [0.25, 0.3) is 0 Å². The number of halogens is 1. The molecule has 0 saturated heterocycles. The monoisotopic (exact) mass is 239 g/mol. The average Bonchev–Trinajstić information content (AvgIpc) is 2.59. The Morgan fingerprint density at radius 1 is 1.40 bits per heavy atom. The van der Waals surface area contributed by atoms with E-state index >= 15 is 0 Å². The van der Waals surface area contributed by atoms with Gasteiger partial charge in [0, 0.05) is 5.38 Å². The van der Waals surface area contributed by atoms with E-state index in [1.807, 2.05) is 13.0 Å². The number of fused-ring (bicyclic) bond motifs is 1. The van der Waals surface area contributed by atoms with E-state index in [-0.39, 0.29) is 5.38 Å². The third-order valence-electron chi connectivity index (χ3n) is 2.33. The standard InChI is InChI=1S/C12H14ClNS/c1-9(13)5-4-8-12-14-10-6-2-3-7-11(10)15-12/h2-3,6-7,9H,4-5,8H2,1H3. The summed E-state index contributed by atoms with van der Waals surface area (Å²) < 4.78 is 1.28. The Labute approximate surface area is 99.1 Å². The fourth-order valence-electron chi connectivity index (χ4n) is 1.56. The van der Waals surface area contributed by atoms with Crippen molar-refractivity contribution in [2.45, 2.75) is 31.6 Å². The van der Waals surface area contributed by atoms with Crippen molar-refractivity contribution in [3.05, 3.63) is 29.3 Å². The molecule has 0 aliphatic heterocycles. The minimum atomic E-state index is 0.277. The van der Waals surface area contributed by atoms with Crippen molar-refractivity contribution in [2.75, 3.05) is 0 Å². The molecule has 1 aromatic carbocycles. The van der Waals surface area contributed by atoms with Crippen molar-refractivity contribution in [1.82, 2.24) is 4.98 Å². The molecular formula is C12H14ClNS. The molecule has 15 heavy (non-hydrogen) atoms. The molecule has 80 valence electrons. The molecule has 1 unspecified atom stereocenters. The van der Waals surface area contributed by atoms with E-state index in [9.17, 15) is 0 Å². The van der Waals surface area contributed by atoms with Crippen molar-refractivity contribution in [3.8, 4) is 0 Å². The third kappa shape index (κ3) is 2.93. The van der Waals surface area contributed by atoms with E-state index in [4.69, 9.17) is 11.6 Å². The summed E-state index contributed by atoms with van der Waals surface area (Å²) >= 11 is 7.70. The van der Waals surface area contributed by atoms with Crippen molar-refractivity contribution in [1.29, 1.82) is 0 Å². The van der Waals surface area contributed by atoms with E-state index in [2.05, 4.69) is 23.2 Å². The van der Waals surface area contributed by atoms with Crippen LogP contribution in [0.15, 0.2) is 24.3 Å². The third-order valence-corrected chi connectivity index (χ3v) is 3.65. The molecule has 0 bridgehead atoms. The molecule has 0 N–H and O–H groups in total. The molecule has 2 aromatic rings. The highest BCUT2D eigenvalue weighted by Crippen LogP contribution is 2.23. The first-order chi connectivity index (χ1) is 7.25. The fraction of sp³-hybridized carbons (Fsp3) is 0.417. The first-order valence-electron chi connectivity index (χ1n) is 5.24. The lowest BCUT2D eigenvalue weighted by atomic mass is 10.2. The Morgan fingerprint density at radius 3 is 2.93 bits per heavy atom. The first-order valence-corrected chi connectivity index (χ1v) is 6.49.